The normalized spacial score (nSPS) is 10.7. The maximum Gasteiger partial charge on any atom is 0.131 e. The molecule has 0 unspecified atom stereocenters. The van der Waals surface area contributed by atoms with Gasteiger partial charge in [-0.3, -0.25) is 0 Å². The zero-order valence-electron chi connectivity index (χ0n) is 12.0. The van der Waals surface area contributed by atoms with Crippen LogP contribution in [0.4, 0.5) is 5.82 Å². The van der Waals surface area contributed by atoms with E-state index in [0.717, 1.165) is 47.2 Å². The number of nitrogen functional groups attached to an aromatic ring is 1. The maximum atomic E-state index is 6.21. The lowest BCUT2D eigenvalue weighted by atomic mass is 10.1. The molecule has 0 fully saturated rings. The molecule has 4 heteroatoms. The Kier molecular flexibility index (Phi) is 3.79. The lowest BCUT2D eigenvalue weighted by Gasteiger charge is -2.07. The van der Waals surface area contributed by atoms with Crippen LogP contribution in [0.1, 0.15) is 24.7 Å². The Hall–Kier alpha value is -1.97. The summed E-state index contributed by atoms with van der Waals surface area (Å²) in [4.78, 5) is 4.59. The van der Waals surface area contributed by atoms with Gasteiger partial charge in [0.05, 0.1) is 7.11 Å². The Morgan fingerprint density at radius 3 is 2.63 bits per heavy atom. The predicted molar refractivity (Wildman–Crippen MR) is 78.4 cm³/mol. The second kappa shape index (κ2) is 5.34. The fourth-order valence-corrected chi connectivity index (χ4v) is 2.33. The van der Waals surface area contributed by atoms with Gasteiger partial charge in [0.2, 0.25) is 0 Å². The molecule has 0 radical (unpaired) electrons. The number of aromatic nitrogens is 2. The van der Waals surface area contributed by atoms with Crippen molar-refractivity contribution in [2.24, 2.45) is 0 Å². The number of rotatable bonds is 4. The molecule has 19 heavy (non-hydrogen) atoms. The number of ether oxygens (including phenoxy) is 1. The van der Waals surface area contributed by atoms with Crippen LogP contribution in [0.3, 0.4) is 0 Å². The summed E-state index contributed by atoms with van der Waals surface area (Å²) in [7, 11) is 1.68. The standard InChI is InChI=1S/C15H21N3O/c1-5-8-18-11(3)17-14(15(18)16)12-6-7-13(19-4)10(2)9-12/h6-7,9H,5,8,16H2,1-4H3. The summed E-state index contributed by atoms with van der Waals surface area (Å²) >= 11 is 0. The Bertz CT molecular complexity index is 587. The van der Waals surface area contributed by atoms with Gasteiger partial charge in [0.15, 0.2) is 0 Å². The number of benzene rings is 1. The third-order valence-corrected chi connectivity index (χ3v) is 3.31. The summed E-state index contributed by atoms with van der Waals surface area (Å²) in [5.41, 5.74) is 9.19. The van der Waals surface area contributed by atoms with E-state index in [-0.39, 0.29) is 0 Å². The summed E-state index contributed by atoms with van der Waals surface area (Å²) in [5.74, 6) is 2.58. The molecule has 0 spiro atoms. The SMILES string of the molecule is CCCn1c(C)nc(-c2ccc(OC)c(C)c2)c1N. The highest BCUT2D eigenvalue weighted by atomic mass is 16.5. The van der Waals surface area contributed by atoms with Gasteiger partial charge in [0.25, 0.3) is 0 Å². The summed E-state index contributed by atoms with van der Waals surface area (Å²) in [5, 5.41) is 0. The van der Waals surface area contributed by atoms with Crippen LogP contribution in [0.2, 0.25) is 0 Å². The molecule has 2 N–H and O–H groups in total. The number of nitrogens with two attached hydrogens (primary N) is 1. The van der Waals surface area contributed by atoms with E-state index in [1.807, 2.05) is 26.0 Å². The minimum absolute atomic E-state index is 0.740. The zero-order valence-corrected chi connectivity index (χ0v) is 12.0. The monoisotopic (exact) mass is 259 g/mol. The minimum atomic E-state index is 0.740. The topological polar surface area (TPSA) is 53.1 Å². The third kappa shape index (κ3) is 2.43. The number of methoxy groups -OCH3 is 1. The van der Waals surface area contributed by atoms with E-state index in [9.17, 15) is 0 Å². The molecule has 0 aliphatic rings. The highest BCUT2D eigenvalue weighted by molar-refractivity contribution is 5.72. The number of aryl methyl sites for hydroxylation is 2. The lowest BCUT2D eigenvalue weighted by molar-refractivity contribution is 0.412. The van der Waals surface area contributed by atoms with E-state index in [4.69, 9.17) is 10.5 Å². The average Bonchev–Trinajstić information content (AvgIpc) is 2.67. The van der Waals surface area contributed by atoms with Gasteiger partial charge in [-0.25, -0.2) is 4.98 Å². The van der Waals surface area contributed by atoms with E-state index in [1.165, 1.54) is 0 Å². The van der Waals surface area contributed by atoms with Crippen molar-refractivity contribution in [3.8, 4) is 17.0 Å². The summed E-state index contributed by atoms with van der Waals surface area (Å²) < 4.78 is 7.34. The van der Waals surface area contributed by atoms with Crippen molar-refractivity contribution in [3.63, 3.8) is 0 Å². The number of nitrogens with zero attached hydrogens (tertiary/aromatic N) is 2. The fraction of sp³-hybridized carbons (Fsp3) is 0.400. The van der Waals surface area contributed by atoms with Crippen LogP contribution in [0.5, 0.6) is 5.75 Å². The first-order valence-electron chi connectivity index (χ1n) is 6.56. The molecule has 102 valence electrons. The van der Waals surface area contributed by atoms with Gasteiger partial charge < -0.3 is 15.0 Å². The van der Waals surface area contributed by atoms with Gasteiger partial charge in [-0.2, -0.15) is 0 Å². The number of imidazole rings is 1. The fourth-order valence-electron chi connectivity index (χ4n) is 2.33. The van der Waals surface area contributed by atoms with Crippen molar-refractivity contribution in [2.75, 3.05) is 12.8 Å². The molecule has 1 aromatic carbocycles. The van der Waals surface area contributed by atoms with Gasteiger partial charge in [-0.1, -0.05) is 6.92 Å². The summed E-state index contributed by atoms with van der Waals surface area (Å²) in [6.07, 6.45) is 1.04. The molecule has 1 aromatic heterocycles. The van der Waals surface area contributed by atoms with Crippen molar-refractivity contribution in [2.45, 2.75) is 33.7 Å². The zero-order chi connectivity index (χ0) is 14.0. The number of anilines is 1. The van der Waals surface area contributed by atoms with E-state index >= 15 is 0 Å². The molecule has 1 heterocycles. The first-order valence-corrected chi connectivity index (χ1v) is 6.56. The van der Waals surface area contributed by atoms with Crippen LogP contribution in [-0.2, 0) is 6.54 Å². The van der Waals surface area contributed by atoms with Crippen molar-refractivity contribution < 1.29 is 4.74 Å². The van der Waals surface area contributed by atoms with Crippen LogP contribution in [0.15, 0.2) is 18.2 Å². The number of hydrogen-bond acceptors (Lipinski definition) is 3. The van der Waals surface area contributed by atoms with Crippen molar-refractivity contribution in [1.29, 1.82) is 0 Å². The van der Waals surface area contributed by atoms with Gasteiger partial charge in [0.1, 0.15) is 23.1 Å². The van der Waals surface area contributed by atoms with Crippen LogP contribution in [-0.4, -0.2) is 16.7 Å². The second-order valence-corrected chi connectivity index (χ2v) is 4.73. The molecule has 0 atom stereocenters. The van der Waals surface area contributed by atoms with Gasteiger partial charge in [-0.15, -0.1) is 0 Å². The van der Waals surface area contributed by atoms with E-state index in [1.54, 1.807) is 7.11 Å². The molecule has 4 nitrogen and oxygen atoms in total. The molecule has 2 rings (SSSR count). The Labute approximate surface area is 114 Å². The van der Waals surface area contributed by atoms with Crippen LogP contribution in [0, 0.1) is 13.8 Å². The van der Waals surface area contributed by atoms with Crippen molar-refractivity contribution >= 4 is 5.82 Å². The highest BCUT2D eigenvalue weighted by Gasteiger charge is 2.13. The Morgan fingerprint density at radius 2 is 2.05 bits per heavy atom. The molecule has 0 aliphatic heterocycles. The van der Waals surface area contributed by atoms with Gasteiger partial charge in [0, 0.05) is 12.1 Å². The first-order chi connectivity index (χ1) is 9.08. The molecular weight excluding hydrogens is 238 g/mol. The molecule has 0 amide bonds. The Morgan fingerprint density at radius 1 is 1.32 bits per heavy atom. The Balaban J connectivity index is 2.47. The minimum Gasteiger partial charge on any atom is -0.496 e. The summed E-state index contributed by atoms with van der Waals surface area (Å²) in [6.45, 7) is 7.05. The largest absolute Gasteiger partial charge is 0.496 e. The van der Waals surface area contributed by atoms with Gasteiger partial charge >= 0.3 is 0 Å². The van der Waals surface area contributed by atoms with Crippen molar-refractivity contribution in [3.05, 3.63) is 29.6 Å². The van der Waals surface area contributed by atoms with E-state index < -0.39 is 0 Å². The third-order valence-electron chi connectivity index (χ3n) is 3.31. The number of hydrogen-bond donors (Lipinski definition) is 1. The average molecular weight is 259 g/mol. The smallest absolute Gasteiger partial charge is 0.131 e. The van der Waals surface area contributed by atoms with Crippen molar-refractivity contribution in [1.82, 2.24) is 9.55 Å². The van der Waals surface area contributed by atoms with Crippen LogP contribution < -0.4 is 10.5 Å². The van der Waals surface area contributed by atoms with Crippen LogP contribution in [0.25, 0.3) is 11.3 Å². The predicted octanol–water partition coefficient (Wildman–Crippen LogP) is 3.17. The molecule has 0 saturated heterocycles. The molecule has 2 aromatic rings. The molecular formula is C15H21N3O. The second-order valence-electron chi connectivity index (χ2n) is 4.73. The van der Waals surface area contributed by atoms with Crippen LogP contribution >= 0.6 is 0 Å². The molecule has 0 saturated carbocycles. The highest BCUT2D eigenvalue weighted by Crippen LogP contribution is 2.30. The van der Waals surface area contributed by atoms with E-state index in [0.29, 0.717) is 0 Å². The lowest BCUT2D eigenvalue weighted by Crippen LogP contribution is -2.04. The van der Waals surface area contributed by atoms with Gasteiger partial charge in [-0.05, 0) is 44.0 Å². The first kappa shape index (κ1) is 13.5. The molecule has 0 aliphatic carbocycles. The summed E-state index contributed by atoms with van der Waals surface area (Å²) in [6, 6.07) is 6.02. The van der Waals surface area contributed by atoms with E-state index in [2.05, 4.69) is 22.5 Å². The maximum absolute atomic E-state index is 6.21. The molecule has 0 bridgehead atoms. The quantitative estimate of drug-likeness (QED) is 0.917.